The topological polar surface area (TPSA) is 131 Å². The van der Waals surface area contributed by atoms with Gasteiger partial charge in [0.1, 0.15) is 4.88 Å². The van der Waals surface area contributed by atoms with E-state index >= 15 is 0 Å². The third-order valence-corrected chi connectivity index (χ3v) is 8.57. The molecule has 198 valence electrons. The van der Waals surface area contributed by atoms with Crippen molar-refractivity contribution in [2.75, 3.05) is 0 Å². The lowest BCUT2D eigenvalue weighted by Crippen LogP contribution is -2.30. The summed E-state index contributed by atoms with van der Waals surface area (Å²) in [5.41, 5.74) is 5.43. The van der Waals surface area contributed by atoms with Gasteiger partial charge in [-0.15, -0.1) is 5.10 Å². The Hall–Kier alpha value is -4.22. The number of nitrogens with zero attached hydrogens (tertiary/aromatic N) is 4. The van der Waals surface area contributed by atoms with Gasteiger partial charge in [0.15, 0.2) is 5.82 Å². The van der Waals surface area contributed by atoms with E-state index < -0.39 is 15.9 Å². The maximum Gasteiger partial charge on any atom is 0.277 e. The molecular formula is C28H26N6O3S2. The molecule has 2 N–H and O–H groups in total. The Morgan fingerprint density at radius 1 is 0.949 bits per heavy atom. The first-order valence-corrected chi connectivity index (χ1v) is 14.7. The fraction of sp³-hybridized carbons (Fsp3) is 0.179. The summed E-state index contributed by atoms with van der Waals surface area (Å²) < 4.78 is 32.3. The van der Waals surface area contributed by atoms with Crippen LogP contribution in [0.1, 0.15) is 46.3 Å². The summed E-state index contributed by atoms with van der Waals surface area (Å²) in [4.78, 5) is 13.5. The number of aryl methyl sites for hydroxylation is 1. The average Bonchev–Trinajstić information content (AvgIpc) is 3.63. The minimum atomic E-state index is -4.00. The summed E-state index contributed by atoms with van der Waals surface area (Å²) in [5, 5.41) is 14.2. The number of unbranched alkanes of at least 4 members (excludes halogenated alkanes) is 1. The van der Waals surface area contributed by atoms with Gasteiger partial charge in [-0.2, -0.15) is 4.37 Å². The molecule has 1 amide bonds. The predicted molar refractivity (Wildman–Crippen MR) is 150 cm³/mol. The highest BCUT2D eigenvalue weighted by Crippen LogP contribution is 2.31. The number of tetrazole rings is 1. The number of carbonyl (C=O) groups is 1. The van der Waals surface area contributed by atoms with Gasteiger partial charge in [0.05, 0.1) is 10.6 Å². The summed E-state index contributed by atoms with van der Waals surface area (Å²) in [6.45, 7) is 2.09. The lowest BCUT2D eigenvalue weighted by atomic mass is 9.96. The van der Waals surface area contributed by atoms with Crippen molar-refractivity contribution in [3.8, 4) is 22.5 Å². The SMILES string of the molecule is CCCCc1nsc(C(=O)NS(=O)(=O)c2ccccc2)c1Cc1ccc(-c2ccccc2-c2nnn[nH]2)cc1. The summed E-state index contributed by atoms with van der Waals surface area (Å²) in [5.74, 6) is -0.0824. The van der Waals surface area contributed by atoms with Crippen LogP contribution in [0.3, 0.4) is 0 Å². The summed E-state index contributed by atoms with van der Waals surface area (Å²) in [7, 11) is -4.00. The zero-order valence-electron chi connectivity index (χ0n) is 21.2. The van der Waals surface area contributed by atoms with Crippen LogP contribution in [0.2, 0.25) is 0 Å². The number of H-pyrrole nitrogens is 1. The molecule has 0 radical (unpaired) electrons. The van der Waals surface area contributed by atoms with E-state index in [1.54, 1.807) is 18.2 Å². The maximum absolute atomic E-state index is 13.2. The van der Waals surface area contributed by atoms with Gasteiger partial charge in [-0.25, -0.2) is 18.2 Å². The summed E-state index contributed by atoms with van der Waals surface area (Å²) in [6, 6.07) is 23.8. The number of aromatic amines is 1. The zero-order valence-corrected chi connectivity index (χ0v) is 22.8. The van der Waals surface area contributed by atoms with E-state index in [-0.39, 0.29) is 4.90 Å². The fourth-order valence-electron chi connectivity index (χ4n) is 4.29. The van der Waals surface area contributed by atoms with Crippen molar-refractivity contribution in [1.82, 2.24) is 29.7 Å². The molecular weight excluding hydrogens is 532 g/mol. The van der Waals surface area contributed by atoms with Gasteiger partial charge in [0.25, 0.3) is 15.9 Å². The van der Waals surface area contributed by atoms with Gasteiger partial charge in [-0.3, -0.25) is 4.79 Å². The molecule has 0 saturated heterocycles. The molecule has 2 heterocycles. The van der Waals surface area contributed by atoms with Crippen molar-refractivity contribution in [2.24, 2.45) is 0 Å². The van der Waals surface area contributed by atoms with Gasteiger partial charge in [-0.05, 0) is 63.6 Å². The molecule has 9 nitrogen and oxygen atoms in total. The summed E-state index contributed by atoms with van der Waals surface area (Å²) >= 11 is 1.04. The maximum atomic E-state index is 13.2. The van der Waals surface area contributed by atoms with Crippen molar-refractivity contribution >= 4 is 27.5 Å². The molecule has 39 heavy (non-hydrogen) atoms. The molecule has 3 aromatic carbocycles. The molecule has 0 unspecified atom stereocenters. The Kier molecular flexibility index (Phi) is 7.89. The Labute approximate surface area is 230 Å². The van der Waals surface area contributed by atoms with Gasteiger partial charge in [0, 0.05) is 17.5 Å². The van der Waals surface area contributed by atoms with Crippen molar-refractivity contribution < 1.29 is 13.2 Å². The molecule has 0 aliphatic heterocycles. The third kappa shape index (κ3) is 5.94. The largest absolute Gasteiger partial charge is 0.277 e. The van der Waals surface area contributed by atoms with Crippen LogP contribution in [-0.4, -0.2) is 39.3 Å². The number of carbonyl (C=O) groups excluding carboxylic acids is 1. The number of hydrogen-bond acceptors (Lipinski definition) is 8. The van der Waals surface area contributed by atoms with Gasteiger partial charge in [0.2, 0.25) is 0 Å². The second-order valence-electron chi connectivity index (χ2n) is 8.96. The van der Waals surface area contributed by atoms with E-state index in [0.29, 0.717) is 17.1 Å². The Morgan fingerprint density at radius 2 is 1.67 bits per heavy atom. The van der Waals surface area contributed by atoms with Crippen molar-refractivity contribution in [3.05, 3.63) is 101 Å². The Bertz CT molecular complexity index is 1670. The smallest absolute Gasteiger partial charge is 0.267 e. The Morgan fingerprint density at radius 3 is 2.36 bits per heavy atom. The lowest BCUT2D eigenvalue weighted by molar-refractivity contribution is 0.0984. The van der Waals surface area contributed by atoms with E-state index in [9.17, 15) is 13.2 Å². The first kappa shape index (κ1) is 26.4. The number of amides is 1. The second-order valence-corrected chi connectivity index (χ2v) is 11.4. The van der Waals surface area contributed by atoms with Crippen molar-refractivity contribution in [1.29, 1.82) is 0 Å². The van der Waals surface area contributed by atoms with Gasteiger partial charge >= 0.3 is 0 Å². The minimum absolute atomic E-state index is 0.0348. The van der Waals surface area contributed by atoms with Gasteiger partial charge < -0.3 is 0 Å². The normalized spacial score (nSPS) is 11.4. The quantitative estimate of drug-likeness (QED) is 0.245. The van der Waals surface area contributed by atoms with Crippen LogP contribution in [-0.2, 0) is 22.9 Å². The molecule has 0 fully saturated rings. The summed E-state index contributed by atoms with van der Waals surface area (Å²) in [6.07, 6.45) is 3.08. The van der Waals surface area contributed by atoms with Crippen molar-refractivity contribution in [2.45, 2.75) is 37.5 Å². The first-order chi connectivity index (χ1) is 19.0. The molecule has 0 spiro atoms. The number of hydrogen-bond donors (Lipinski definition) is 2. The molecule has 0 atom stereocenters. The molecule has 0 aliphatic rings. The highest BCUT2D eigenvalue weighted by molar-refractivity contribution is 7.90. The van der Waals surface area contributed by atoms with Crippen molar-refractivity contribution in [3.63, 3.8) is 0 Å². The molecule has 11 heteroatoms. The van der Waals surface area contributed by atoms with E-state index in [0.717, 1.165) is 64.3 Å². The Balaban J connectivity index is 1.42. The van der Waals surface area contributed by atoms with E-state index in [4.69, 9.17) is 0 Å². The third-order valence-electron chi connectivity index (χ3n) is 6.30. The highest BCUT2D eigenvalue weighted by atomic mass is 32.2. The van der Waals surface area contributed by atoms with Crippen LogP contribution < -0.4 is 4.72 Å². The highest BCUT2D eigenvalue weighted by Gasteiger charge is 2.25. The number of sulfonamides is 1. The molecule has 5 rings (SSSR count). The van der Waals surface area contributed by atoms with E-state index in [2.05, 4.69) is 36.6 Å². The van der Waals surface area contributed by atoms with E-state index in [1.165, 1.54) is 12.1 Å². The van der Waals surface area contributed by atoms with Crippen LogP contribution in [0, 0.1) is 0 Å². The number of nitrogens with one attached hydrogen (secondary N) is 2. The number of benzene rings is 3. The van der Waals surface area contributed by atoms with Crippen LogP contribution in [0.5, 0.6) is 0 Å². The second kappa shape index (κ2) is 11.7. The van der Waals surface area contributed by atoms with Gasteiger partial charge in [-0.1, -0.05) is 80.1 Å². The molecule has 0 aliphatic carbocycles. The molecule has 0 saturated carbocycles. The van der Waals surface area contributed by atoms with Crippen LogP contribution in [0.4, 0.5) is 0 Å². The van der Waals surface area contributed by atoms with Crippen LogP contribution in [0.15, 0.2) is 83.8 Å². The fourth-order valence-corrected chi connectivity index (χ4v) is 6.17. The first-order valence-electron chi connectivity index (χ1n) is 12.5. The number of rotatable bonds is 10. The zero-order chi connectivity index (χ0) is 27.2. The minimum Gasteiger partial charge on any atom is -0.267 e. The van der Waals surface area contributed by atoms with Crippen LogP contribution >= 0.6 is 11.5 Å². The molecule has 2 aromatic heterocycles. The molecule has 5 aromatic rings. The molecule has 0 bridgehead atoms. The monoisotopic (exact) mass is 558 g/mol. The average molecular weight is 559 g/mol. The van der Waals surface area contributed by atoms with E-state index in [1.807, 2.05) is 48.5 Å². The predicted octanol–water partition coefficient (Wildman–Crippen LogP) is 5.04. The lowest BCUT2D eigenvalue weighted by Gasteiger charge is -2.10. The number of aromatic nitrogens is 5. The van der Waals surface area contributed by atoms with Crippen LogP contribution in [0.25, 0.3) is 22.5 Å². The standard InChI is InChI=1S/C28H26N6O3S2/c1-2-3-13-25-24(26(38-31-25)28(35)32-39(36,37)21-9-5-4-6-10-21)18-19-14-16-20(17-15-19)22-11-7-8-12-23(22)27-29-33-34-30-27/h4-12,14-17H,2-3,13,18H2,1H3,(H,32,35)(H,29,30,33,34).